The number of hydrogen-bond donors (Lipinski definition) is 2. The molecule has 0 aliphatic heterocycles. The Morgan fingerprint density at radius 1 is 0.815 bits per heavy atom. The molecule has 0 fully saturated rings. The Bertz CT molecular complexity index is 810. The van der Waals surface area contributed by atoms with Crippen molar-refractivity contribution in [3.63, 3.8) is 0 Å². The van der Waals surface area contributed by atoms with Gasteiger partial charge < -0.3 is 19.9 Å². The molecule has 5 nitrogen and oxygen atoms in total. The largest absolute Gasteiger partial charge is 0.483 e. The van der Waals surface area contributed by atoms with Crippen molar-refractivity contribution in [3.05, 3.63) is 89.6 Å². The molecule has 0 aliphatic rings. The standard InChI is InChI=1S/C22H24N2O3/c25-12-11-23-14-20-13-21(26-16-18-7-3-1-4-8-18)22(24-15-20)27-17-19-9-5-2-6-10-19/h1-10,13,15,23,25H,11-12,14,16-17H2. The summed E-state index contributed by atoms with van der Waals surface area (Å²) in [5.41, 5.74) is 3.12. The van der Waals surface area contributed by atoms with Crippen LogP contribution in [0.15, 0.2) is 72.9 Å². The first-order valence-corrected chi connectivity index (χ1v) is 8.99. The lowest BCUT2D eigenvalue weighted by Gasteiger charge is -2.14. The summed E-state index contributed by atoms with van der Waals surface area (Å²) in [4.78, 5) is 4.44. The number of aliphatic hydroxyl groups is 1. The maximum Gasteiger partial charge on any atom is 0.257 e. The molecule has 1 heterocycles. The lowest BCUT2D eigenvalue weighted by molar-refractivity contribution is 0.246. The maximum atomic E-state index is 8.91. The molecule has 5 heteroatoms. The summed E-state index contributed by atoms with van der Waals surface area (Å²) < 4.78 is 11.9. The molecule has 3 aromatic rings. The third kappa shape index (κ3) is 6.09. The van der Waals surface area contributed by atoms with Gasteiger partial charge in [-0.3, -0.25) is 0 Å². The fraction of sp³-hybridized carbons (Fsp3) is 0.227. The SMILES string of the molecule is OCCNCc1cnc(OCc2ccccc2)c(OCc2ccccc2)c1. The van der Waals surface area contributed by atoms with Gasteiger partial charge in [0.25, 0.3) is 5.88 Å². The molecule has 27 heavy (non-hydrogen) atoms. The average molecular weight is 364 g/mol. The van der Waals surface area contributed by atoms with Crippen LogP contribution in [0.3, 0.4) is 0 Å². The van der Waals surface area contributed by atoms with E-state index < -0.39 is 0 Å². The van der Waals surface area contributed by atoms with Crippen molar-refractivity contribution in [3.8, 4) is 11.6 Å². The zero-order chi connectivity index (χ0) is 18.7. The van der Waals surface area contributed by atoms with E-state index in [0.717, 1.165) is 16.7 Å². The molecule has 0 saturated heterocycles. The normalized spacial score (nSPS) is 10.6. The number of pyridine rings is 1. The molecular formula is C22H24N2O3. The average Bonchev–Trinajstić information content (AvgIpc) is 2.73. The first-order valence-electron chi connectivity index (χ1n) is 8.99. The first kappa shape index (κ1) is 18.9. The summed E-state index contributed by atoms with van der Waals surface area (Å²) in [6.45, 7) is 2.11. The van der Waals surface area contributed by atoms with Crippen LogP contribution in [0, 0.1) is 0 Å². The van der Waals surface area contributed by atoms with Gasteiger partial charge in [0.2, 0.25) is 0 Å². The minimum Gasteiger partial charge on any atom is -0.483 e. The highest BCUT2D eigenvalue weighted by atomic mass is 16.5. The molecule has 0 saturated carbocycles. The minimum atomic E-state index is 0.100. The highest BCUT2D eigenvalue weighted by molar-refractivity contribution is 5.37. The smallest absolute Gasteiger partial charge is 0.257 e. The van der Waals surface area contributed by atoms with E-state index in [1.165, 1.54) is 0 Å². The van der Waals surface area contributed by atoms with E-state index >= 15 is 0 Å². The van der Waals surface area contributed by atoms with Crippen LogP contribution in [0.4, 0.5) is 0 Å². The molecule has 2 aromatic carbocycles. The van der Waals surface area contributed by atoms with Gasteiger partial charge in [-0.05, 0) is 22.8 Å². The Balaban J connectivity index is 1.71. The van der Waals surface area contributed by atoms with E-state index in [0.29, 0.717) is 37.9 Å². The highest BCUT2D eigenvalue weighted by Crippen LogP contribution is 2.27. The lowest BCUT2D eigenvalue weighted by Crippen LogP contribution is -2.17. The van der Waals surface area contributed by atoms with Crippen LogP contribution in [-0.2, 0) is 19.8 Å². The van der Waals surface area contributed by atoms with Crippen molar-refractivity contribution < 1.29 is 14.6 Å². The summed E-state index contributed by atoms with van der Waals surface area (Å²) in [5, 5.41) is 12.1. The van der Waals surface area contributed by atoms with E-state index in [-0.39, 0.29) is 6.61 Å². The second kappa shape index (κ2) is 10.3. The number of aromatic nitrogens is 1. The predicted molar refractivity (Wildman–Crippen MR) is 105 cm³/mol. The van der Waals surface area contributed by atoms with Gasteiger partial charge in [0, 0.05) is 19.3 Å². The number of hydrogen-bond acceptors (Lipinski definition) is 5. The summed E-state index contributed by atoms with van der Waals surface area (Å²) in [6.07, 6.45) is 1.76. The fourth-order valence-electron chi connectivity index (χ4n) is 2.55. The quantitative estimate of drug-likeness (QED) is 0.540. The Morgan fingerprint density at radius 3 is 2.07 bits per heavy atom. The van der Waals surface area contributed by atoms with Crippen LogP contribution in [0.1, 0.15) is 16.7 Å². The van der Waals surface area contributed by atoms with Crippen LogP contribution in [0.5, 0.6) is 11.6 Å². The summed E-state index contributed by atoms with van der Waals surface area (Å²) >= 11 is 0. The van der Waals surface area contributed by atoms with Crippen LogP contribution < -0.4 is 14.8 Å². The second-order valence-electron chi connectivity index (χ2n) is 6.10. The number of benzene rings is 2. The fourth-order valence-corrected chi connectivity index (χ4v) is 2.55. The molecule has 0 unspecified atom stereocenters. The summed E-state index contributed by atoms with van der Waals surface area (Å²) in [6, 6.07) is 21.9. The van der Waals surface area contributed by atoms with Crippen molar-refractivity contribution in [2.75, 3.05) is 13.2 Å². The third-order valence-electron chi connectivity index (χ3n) is 3.95. The molecule has 0 atom stereocenters. The molecule has 1 aromatic heterocycles. The van der Waals surface area contributed by atoms with Gasteiger partial charge in [-0.25, -0.2) is 4.98 Å². The molecule has 3 rings (SSSR count). The van der Waals surface area contributed by atoms with Crippen LogP contribution in [0.25, 0.3) is 0 Å². The first-order chi connectivity index (χ1) is 13.3. The number of ether oxygens (including phenoxy) is 2. The zero-order valence-electron chi connectivity index (χ0n) is 15.2. The molecule has 2 N–H and O–H groups in total. The number of aliphatic hydroxyl groups excluding tert-OH is 1. The Kier molecular flexibility index (Phi) is 7.21. The topological polar surface area (TPSA) is 63.6 Å². The molecule has 0 spiro atoms. The van der Waals surface area contributed by atoms with Crippen LogP contribution >= 0.6 is 0 Å². The van der Waals surface area contributed by atoms with E-state index in [2.05, 4.69) is 10.3 Å². The summed E-state index contributed by atoms with van der Waals surface area (Å²) in [7, 11) is 0. The van der Waals surface area contributed by atoms with Crippen molar-refractivity contribution in [1.82, 2.24) is 10.3 Å². The van der Waals surface area contributed by atoms with Gasteiger partial charge in [0.15, 0.2) is 5.75 Å². The summed E-state index contributed by atoms with van der Waals surface area (Å²) in [5.74, 6) is 1.08. The molecule has 0 radical (unpaired) electrons. The monoisotopic (exact) mass is 364 g/mol. The van der Waals surface area contributed by atoms with Crippen molar-refractivity contribution in [2.24, 2.45) is 0 Å². The lowest BCUT2D eigenvalue weighted by atomic mass is 10.2. The van der Waals surface area contributed by atoms with Gasteiger partial charge in [-0.15, -0.1) is 0 Å². The molecule has 140 valence electrons. The maximum absolute atomic E-state index is 8.91. The Labute approximate surface area is 159 Å². The Morgan fingerprint density at radius 2 is 1.44 bits per heavy atom. The van der Waals surface area contributed by atoms with Gasteiger partial charge >= 0.3 is 0 Å². The van der Waals surface area contributed by atoms with Gasteiger partial charge in [0.1, 0.15) is 13.2 Å². The third-order valence-corrected chi connectivity index (χ3v) is 3.95. The van der Waals surface area contributed by atoms with Gasteiger partial charge in [0.05, 0.1) is 6.61 Å². The van der Waals surface area contributed by atoms with E-state index in [1.54, 1.807) is 6.20 Å². The van der Waals surface area contributed by atoms with Crippen LogP contribution in [-0.4, -0.2) is 23.2 Å². The van der Waals surface area contributed by atoms with Crippen molar-refractivity contribution in [1.29, 1.82) is 0 Å². The minimum absolute atomic E-state index is 0.100. The number of nitrogens with zero attached hydrogens (tertiary/aromatic N) is 1. The number of nitrogens with one attached hydrogen (secondary N) is 1. The molecule has 0 aliphatic carbocycles. The van der Waals surface area contributed by atoms with Crippen LogP contribution in [0.2, 0.25) is 0 Å². The second-order valence-corrected chi connectivity index (χ2v) is 6.10. The van der Waals surface area contributed by atoms with Gasteiger partial charge in [-0.1, -0.05) is 60.7 Å². The molecule has 0 bridgehead atoms. The van der Waals surface area contributed by atoms with Crippen molar-refractivity contribution in [2.45, 2.75) is 19.8 Å². The van der Waals surface area contributed by atoms with Gasteiger partial charge in [-0.2, -0.15) is 0 Å². The molecular weight excluding hydrogens is 340 g/mol. The molecule has 0 amide bonds. The number of rotatable bonds is 10. The highest BCUT2D eigenvalue weighted by Gasteiger charge is 2.10. The zero-order valence-corrected chi connectivity index (χ0v) is 15.2. The predicted octanol–water partition coefficient (Wildman–Crippen LogP) is 3.32. The van der Waals surface area contributed by atoms with E-state index in [1.807, 2.05) is 66.7 Å². The van der Waals surface area contributed by atoms with Crippen molar-refractivity contribution >= 4 is 0 Å². The van der Waals surface area contributed by atoms with E-state index in [4.69, 9.17) is 14.6 Å². The van der Waals surface area contributed by atoms with E-state index in [9.17, 15) is 0 Å². The Hall–Kier alpha value is -2.89.